The van der Waals surface area contributed by atoms with Gasteiger partial charge in [-0.15, -0.1) is 0 Å². The highest BCUT2D eigenvalue weighted by molar-refractivity contribution is 5.71. The molecule has 0 aromatic carbocycles. The van der Waals surface area contributed by atoms with Crippen LogP contribution in [0, 0.1) is 0 Å². The van der Waals surface area contributed by atoms with E-state index in [9.17, 15) is 4.79 Å². The molecule has 4 heteroatoms. The van der Waals surface area contributed by atoms with Crippen LogP contribution in [0.4, 0.5) is 0 Å². The third kappa shape index (κ3) is 3.42. The van der Waals surface area contributed by atoms with Crippen molar-refractivity contribution in [2.24, 2.45) is 0 Å². The molecule has 1 unspecified atom stereocenters. The SMILES string of the molecule is CCOOC(CC)C(=O)O. The Morgan fingerprint density at radius 1 is 1.60 bits per heavy atom. The van der Waals surface area contributed by atoms with Crippen LogP contribution in [0.3, 0.4) is 0 Å². The average Bonchev–Trinajstić information content (AvgIpc) is 1.89. The summed E-state index contributed by atoms with van der Waals surface area (Å²) in [5.41, 5.74) is 0. The molecule has 0 aliphatic rings. The summed E-state index contributed by atoms with van der Waals surface area (Å²) < 4.78 is 0. The van der Waals surface area contributed by atoms with Crippen molar-refractivity contribution in [3.8, 4) is 0 Å². The zero-order chi connectivity index (χ0) is 7.98. The lowest BCUT2D eigenvalue weighted by Gasteiger charge is -2.07. The molecule has 0 amide bonds. The van der Waals surface area contributed by atoms with Gasteiger partial charge in [-0.3, -0.25) is 0 Å². The van der Waals surface area contributed by atoms with Gasteiger partial charge in [0, 0.05) is 0 Å². The summed E-state index contributed by atoms with van der Waals surface area (Å²) in [7, 11) is 0. The molecule has 0 aromatic heterocycles. The normalized spacial score (nSPS) is 13.0. The summed E-state index contributed by atoms with van der Waals surface area (Å²) in [6.45, 7) is 3.82. The second-order valence-electron chi connectivity index (χ2n) is 1.74. The number of aliphatic carboxylic acids is 1. The summed E-state index contributed by atoms with van der Waals surface area (Å²) in [4.78, 5) is 19.2. The van der Waals surface area contributed by atoms with Gasteiger partial charge in [-0.05, 0) is 13.3 Å². The summed E-state index contributed by atoms with van der Waals surface area (Å²) >= 11 is 0. The van der Waals surface area contributed by atoms with Gasteiger partial charge in [-0.1, -0.05) is 6.92 Å². The van der Waals surface area contributed by atoms with E-state index in [2.05, 4.69) is 9.78 Å². The smallest absolute Gasteiger partial charge is 0.336 e. The van der Waals surface area contributed by atoms with Crippen LogP contribution in [-0.4, -0.2) is 23.8 Å². The maximum absolute atomic E-state index is 10.2. The maximum Gasteiger partial charge on any atom is 0.336 e. The summed E-state index contributed by atoms with van der Waals surface area (Å²) in [5, 5.41) is 8.39. The quantitative estimate of drug-likeness (QED) is 0.463. The van der Waals surface area contributed by atoms with Crippen molar-refractivity contribution in [2.75, 3.05) is 6.61 Å². The highest BCUT2D eigenvalue weighted by Gasteiger charge is 2.15. The molecule has 0 spiro atoms. The Hall–Kier alpha value is -0.610. The van der Waals surface area contributed by atoms with Gasteiger partial charge in [0.25, 0.3) is 0 Å². The first kappa shape index (κ1) is 9.39. The van der Waals surface area contributed by atoms with Gasteiger partial charge in [-0.2, -0.15) is 0 Å². The van der Waals surface area contributed by atoms with Crippen LogP contribution in [-0.2, 0) is 14.6 Å². The number of rotatable bonds is 5. The first-order valence-electron chi connectivity index (χ1n) is 3.23. The summed E-state index contributed by atoms with van der Waals surface area (Å²) in [6.07, 6.45) is -0.421. The van der Waals surface area contributed by atoms with Gasteiger partial charge in [0.1, 0.15) is 0 Å². The minimum Gasteiger partial charge on any atom is -0.479 e. The molecule has 0 aliphatic heterocycles. The molecule has 10 heavy (non-hydrogen) atoms. The first-order chi connectivity index (χ1) is 4.72. The third-order valence-corrected chi connectivity index (χ3v) is 0.948. The van der Waals surface area contributed by atoms with Gasteiger partial charge in [0.05, 0.1) is 6.61 Å². The van der Waals surface area contributed by atoms with E-state index in [0.29, 0.717) is 13.0 Å². The largest absolute Gasteiger partial charge is 0.479 e. The molecule has 60 valence electrons. The van der Waals surface area contributed by atoms with E-state index in [1.165, 1.54) is 0 Å². The molecule has 0 radical (unpaired) electrons. The Balaban J connectivity index is 3.50. The standard InChI is InChI=1S/C6H12O4/c1-3-5(6(7)8)10-9-4-2/h5H,3-4H2,1-2H3,(H,7,8). The minimum absolute atomic E-state index is 0.365. The number of hydrogen-bond donors (Lipinski definition) is 1. The number of carbonyl (C=O) groups is 1. The monoisotopic (exact) mass is 148 g/mol. The second kappa shape index (κ2) is 5.20. The van der Waals surface area contributed by atoms with Gasteiger partial charge in [0.15, 0.2) is 6.10 Å². The van der Waals surface area contributed by atoms with Crippen LogP contribution in [0.1, 0.15) is 20.3 Å². The van der Waals surface area contributed by atoms with Crippen molar-refractivity contribution >= 4 is 5.97 Å². The fourth-order valence-electron chi connectivity index (χ4n) is 0.434. The van der Waals surface area contributed by atoms with Gasteiger partial charge in [-0.25, -0.2) is 14.6 Å². The predicted octanol–water partition coefficient (Wildman–Crippen LogP) is 0.818. The van der Waals surface area contributed by atoms with Crippen LogP contribution in [0.2, 0.25) is 0 Å². The zero-order valence-electron chi connectivity index (χ0n) is 6.16. The van der Waals surface area contributed by atoms with Crippen LogP contribution in [0.25, 0.3) is 0 Å². The molecule has 0 bridgehead atoms. The Bertz CT molecular complexity index is 102. The summed E-state index contributed by atoms with van der Waals surface area (Å²) in [5.74, 6) is -0.990. The van der Waals surface area contributed by atoms with Gasteiger partial charge < -0.3 is 5.11 Å². The van der Waals surface area contributed by atoms with E-state index in [1.807, 2.05) is 0 Å². The Kier molecular flexibility index (Phi) is 4.88. The summed E-state index contributed by atoms with van der Waals surface area (Å²) in [6, 6.07) is 0. The molecular weight excluding hydrogens is 136 g/mol. The van der Waals surface area contributed by atoms with Crippen LogP contribution in [0.15, 0.2) is 0 Å². The van der Waals surface area contributed by atoms with Gasteiger partial charge in [0.2, 0.25) is 0 Å². The molecule has 1 atom stereocenters. The zero-order valence-corrected chi connectivity index (χ0v) is 6.16. The Labute approximate surface area is 59.7 Å². The van der Waals surface area contributed by atoms with Crippen molar-refractivity contribution in [3.63, 3.8) is 0 Å². The molecule has 1 N–H and O–H groups in total. The fraction of sp³-hybridized carbons (Fsp3) is 0.833. The lowest BCUT2D eigenvalue weighted by atomic mass is 10.3. The second-order valence-corrected chi connectivity index (χ2v) is 1.74. The molecule has 0 rings (SSSR count). The van der Waals surface area contributed by atoms with Gasteiger partial charge >= 0.3 is 5.97 Å². The first-order valence-corrected chi connectivity index (χ1v) is 3.23. The maximum atomic E-state index is 10.2. The van der Waals surface area contributed by atoms with Crippen LogP contribution >= 0.6 is 0 Å². The van der Waals surface area contributed by atoms with Crippen LogP contribution < -0.4 is 0 Å². The third-order valence-electron chi connectivity index (χ3n) is 0.948. The molecule has 0 saturated carbocycles. The number of carboxylic acids is 1. The highest BCUT2D eigenvalue weighted by Crippen LogP contribution is 1.97. The molecular formula is C6H12O4. The van der Waals surface area contributed by atoms with E-state index in [0.717, 1.165) is 0 Å². The Morgan fingerprint density at radius 2 is 2.20 bits per heavy atom. The average molecular weight is 148 g/mol. The molecule has 0 fully saturated rings. The van der Waals surface area contributed by atoms with E-state index in [4.69, 9.17) is 5.11 Å². The molecule has 0 heterocycles. The van der Waals surface area contributed by atoms with Crippen molar-refractivity contribution in [2.45, 2.75) is 26.4 Å². The van der Waals surface area contributed by atoms with E-state index < -0.39 is 12.1 Å². The highest BCUT2D eigenvalue weighted by atomic mass is 17.2. The van der Waals surface area contributed by atoms with E-state index in [1.54, 1.807) is 13.8 Å². The molecule has 0 saturated heterocycles. The van der Waals surface area contributed by atoms with Crippen LogP contribution in [0.5, 0.6) is 0 Å². The number of hydrogen-bond acceptors (Lipinski definition) is 3. The van der Waals surface area contributed by atoms with Crippen molar-refractivity contribution in [1.82, 2.24) is 0 Å². The minimum atomic E-state index is -0.990. The molecule has 0 aliphatic carbocycles. The molecule has 0 aromatic rings. The fourth-order valence-corrected chi connectivity index (χ4v) is 0.434. The van der Waals surface area contributed by atoms with E-state index >= 15 is 0 Å². The predicted molar refractivity (Wildman–Crippen MR) is 34.4 cm³/mol. The van der Waals surface area contributed by atoms with Crippen molar-refractivity contribution in [1.29, 1.82) is 0 Å². The van der Waals surface area contributed by atoms with Crippen molar-refractivity contribution < 1.29 is 19.7 Å². The Morgan fingerprint density at radius 3 is 2.50 bits per heavy atom. The number of carboxylic acid groups (broad SMARTS) is 1. The topological polar surface area (TPSA) is 55.8 Å². The lowest BCUT2D eigenvalue weighted by Crippen LogP contribution is -2.22. The van der Waals surface area contributed by atoms with E-state index in [-0.39, 0.29) is 0 Å². The molecule has 4 nitrogen and oxygen atoms in total. The lowest BCUT2D eigenvalue weighted by molar-refractivity contribution is -0.317. The van der Waals surface area contributed by atoms with Crippen molar-refractivity contribution in [3.05, 3.63) is 0 Å².